The Morgan fingerprint density at radius 2 is 1.47 bits per heavy atom. The molecule has 0 atom stereocenters. The Morgan fingerprint density at radius 1 is 0.947 bits per heavy atom. The van der Waals surface area contributed by atoms with E-state index in [0.717, 1.165) is 23.2 Å². The molecule has 3 heteroatoms. The van der Waals surface area contributed by atoms with Gasteiger partial charge in [-0.25, -0.2) is 0 Å². The highest BCUT2D eigenvalue weighted by Crippen LogP contribution is 2.39. The van der Waals surface area contributed by atoms with Gasteiger partial charge in [-0.2, -0.15) is 0 Å². The smallest absolute Gasteiger partial charge is 0.0669 e. The van der Waals surface area contributed by atoms with Gasteiger partial charge in [0.1, 0.15) is 0 Å². The van der Waals surface area contributed by atoms with Gasteiger partial charge in [0, 0.05) is 11.0 Å². The first-order valence-corrected chi connectivity index (χ1v) is 7.17. The van der Waals surface area contributed by atoms with Crippen molar-refractivity contribution in [2.45, 2.75) is 12.0 Å². The normalized spacial score (nSPS) is 16.9. The summed E-state index contributed by atoms with van der Waals surface area (Å²) in [7, 11) is 0. The molecule has 0 bridgehead atoms. The lowest BCUT2D eigenvalue weighted by atomic mass is 9.73. The lowest BCUT2D eigenvalue weighted by Gasteiger charge is -2.42. The van der Waals surface area contributed by atoms with Crippen molar-refractivity contribution in [2.75, 3.05) is 13.2 Å². The van der Waals surface area contributed by atoms with Crippen LogP contribution in [0.5, 0.6) is 0 Å². The number of benzene rings is 2. The molecule has 0 unspecified atom stereocenters. The third kappa shape index (κ3) is 2.22. The predicted octanol–water partition coefficient (Wildman–Crippen LogP) is 3.22. The molecule has 1 fully saturated rings. The Hall–Kier alpha value is -1.16. The van der Waals surface area contributed by atoms with Crippen LogP contribution in [0.25, 0.3) is 0 Å². The molecule has 98 valence electrons. The fourth-order valence-corrected chi connectivity index (χ4v) is 2.80. The SMILES string of the molecule is NCc1ccc(C2(c3ccc(Br)cc3)COC2)cc1. The molecule has 0 saturated carbocycles. The van der Waals surface area contributed by atoms with Crippen LogP contribution in [-0.4, -0.2) is 13.2 Å². The van der Waals surface area contributed by atoms with Crippen LogP contribution in [0.1, 0.15) is 16.7 Å². The Morgan fingerprint density at radius 3 is 1.89 bits per heavy atom. The largest absolute Gasteiger partial charge is 0.379 e. The Bertz CT molecular complexity index is 558. The van der Waals surface area contributed by atoms with Gasteiger partial charge >= 0.3 is 0 Å². The van der Waals surface area contributed by atoms with Crippen molar-refractivity contribution in [1.29, 1.82) is 0 Å². The molecule has 1 aliphatic rings. The molecule has 2 aromatic carbocycles. The molecule has 1 heterocycles. The van der Waals surface area contributed by atoms with Gasteiger partial charge in [-0.3, -0.25) is 0 Å². The summed E-state index contributed by atoms with van der Waals surface area (Å²) < 4.78 is 6.60. The molecule has 0 aromatic heterocycles. The van der Waals surface area contributed by atoms with E-state index in [9.17, 15) is 0 Å². The highest BCUT2D eigenvalue weighted by Gasteiger charge is 2.41. The number of halogens is 1. The molecular formula is C16H16BrNO. The average molecular weight is 318 g/mol. The second-order valence-electron chi connectivity index (χ2n) is 4.98. The zero-order valence-electron chi connectivity index (χ0n) is 10.6. The van der Waals surface area contributed by atoms with Crippen LogP contribution in [0.3, 0.4) is 0 Å². The Labute approximate surface area is 121 Å². The van der Waals surface area contributed by atoms with Gasteiger partial charge < -0.3 is 10.5 Å². The molecule has 0 spiro atoms. The van der Waals surface area contributed by atoms with Crippen molar-refractivity contribution < 1.29 is 4.74 Å². The van der Waals surface area contributed by atoms with E-state index < -0.39 is 0 Å². The van der Waals surface area contributed by atoms with Crippen LogP contribution in [0.2, 0.25) is 0 Å². The Kier molecular flexibility index (Phi) is 3.44. The monoisotopic (exact) mass is 317 g/mol. The number of hydrogen-bond acceptors (Lipinski definition) is 2. The highest BCUT2D eigenvalue weighted by molar-refractivity contribution is 9.10. The van der Waals surface area contributed by atoms with E-state index in [1.54, 1.807) is 0 Å². The van der Waals surface area contributed by atoms with Crippen LogP contribution in [0.15, 0.2) is 53.0 Å². The lowest BCUT2D eigenvalue weighted by Crippen LogP contribution is -2.47. The first-order chi connectivity index (χ1) is 9.24. The molecule has 19 heavy (non-hydrogen) atoms. The van der Waals surface area contributed by atoms with Crippen LogP contribution < -0.4 is 5.73 Å². The fourth-order valence-electron chi connectivity index (χ4n) is 2.53. The van der Waals surface area contributed by atoms with Crippen LogP contribution in [-0.2, 0) is 16.7 Å². The number of rotatable bonds is 3. The molecule has 3 rings (SSSR count). The molecule has 2 N–H and O–H groups in total. The standard InChI is InChI=1S/C16H16BrNO/c17-15-7-5-14(6-8-15)16(10-19-11-16)13-3-1-12(9-18)2-4-13/h1-8H,9-11,18H2. The molecule has 0 radical (unpaired) electrons. The zero-order chi connectivity index (χ0) is 13.3. The molecule has 1 aliphatic heterocycles. The van der Waals surface area contributed by atoms with Crippen molar-refractivity contribution in [3.63, 3.8) is 0 Å². The van der Waals surface area contributed by atoms with Gasteiger partial charge in [-0.15, -0.1) is 0 Å². The molecular weight excluding hydrogens is 302 g/mol. The van der Waals surface area contributed by atoms with E-state index in [1.807, 2.05) is 0 Å². The van der Waals surface area contributed by atoms with Gasteiger partial charge in [0.05, 0.1) is 18.6 Å². The molecule has 2 aromatic rings. The van der Waals surface area contributed by atoms with Crippen molar-refractivity contribution in [3.8, 4) is 0 Å². The van der Waals surface area contributed by atoms with Crippen molar-refractivity contribution >= 4 is 15.9 Å². The van der Waals surface area contributed by atoms with Gasteiger partial charge in [0.15, 0.2) is 0 Å². The van der Waals surface area contributed by atoms with E-state index in [0.29, 0.717) is 6.54 Å². The van der Waals surface area contributed by atoms with Crippen molar-refractivity contribution in [1.82, 2.24) is 0 Å². The van der Waals surface area contributed by atoms with Crippen molar-refractivity contribution in [2.24, 2.45) is 5.73 Å². The predicted molar refractivity (Wildman–Crippen MR) is 80.1 cm³/mol. The quantitative estimate of drug-likeness (QED) is 0.943. The number of nitrogens with two attached hydrogens (primary N) is 1. The summed E-state index contributed by atoms with van der Waals surface area (Å²) in [6.07, 6.45) is 0. The summed E-state index contributed by atoms with van der Waals surface area (Å²) in [5.41, 5.74) is 9.43. The fraction of sp³-hybridized carbons (Fsp3) is 0.250. The van der Waals surface area contributed by atoms with Crippen LogP contribution >= 0.6 is 15.9 Å². The van der Waals surface area contributed by atoms with Gasteiger partial charge in [0.25, 0.3) is 0 Å². The van der Waals surface area contributed by atoms with E-state index >= 15 is 0 Å². The Balaban J connectivity index is 2.00. The second-order valence-corrected chi connectivity index (χ2v) is 5.90. The summed E-state index contributed by atoms with van der Waals surface area (Å²) in [6, 6.07) is 17.1. The van der Waals surface area contributed by atoms with Gasteiger partial charge in [-0.05, 0) is 28.8 Å². The van der Waals surface area contributed by atoms with Crippen LogP contribution in [0, 0.1) is 0 Å². The second kappa shape index (κ2) is 5.08. The summed E-state index contributed by atoms with van der Waals surface area (Å²) in [6.45, 7) is 2.08. The molecule has 1 saturated heterocycles. The minimum Gasteiger partial charge on any atom is -0.379 e. The summed E-state index contributed by atoms with van der Waals surface area (Å²) in [4.78, 5) is 0. The first kappa shape index (κ1) is 12.9. The maximum absolute atomic E-state index is 5.65. The maximum atomic E-state index is 5.65. The minimum absolute atomic E-state index is 0.00777. The van der Waals surface area contributed by atoms with E-state index in [4.69, 9.17) is 10.5 Å². The van der Waals surface area contributed by atoms with Crippen LogP contribution in [0.4, 0.5) is 0 Å². The van der Waals surface area contributed by atoms with Crippen molar-refractivity contribution in [3.05, 3.63) is 69.7 Å². The van der Waals surface area contributed by atoms with Gasteiger partial charge in [-0.1, -0.05) is 52.3 Å². The average Bonchev–Trinajstić information content (AvgIpc) is 2.40. The zero-order valence-corrected chi connectivity index (χ0v) is 12.2. The topological polar surface area (TPSA) is 35.2 Å². The maximum Gasteiger partial charge on any atom is 0.0669 e. The van der Waals surface area contributed by atoms with E-state index in [-0.39, 0.29) is 5.41 Å². The molecule has 2 nitrogen and oxygen atoms in total. The van der Waals surface area contributed by atoms with E-state index in [2.05, 4.69) is 64.5 Å². The lowest BCUT2D eigenvalue weighted by molar-refractivity contribution is -0.0380. The number of ether oxygens (including phenoxy) is 1. The first-order valence-electron chi connectivity index (χ1n) is 6.38. The summed E-state index contributed by atoms with van der Waals surface area (Å²) in [5.74, 6) is 0. The number of hydrogen-bond donors (Lipinski definition) is 1. The molecule has 0 aliphatic carbocycles. The third-order valence-corrected chi connectivity index (χ3v) is 4.36. The summed E-state index contributed by atoms with van der Waals surface area (Å²) >= 11 is 3.48. The molecule has 0 amide bonds. The van der Waals surface area contributed by atoms with E-state index in [1.165, 1.54) is 11.1 Å². The minimum atomic E-state index is 0.00777. The third-order valence-electron chi connectivity index (χ3n) is 3.84. The highest BCUT2D eigenvalue weighted by atomic mass is 79.9. The van der Waals surface area contributed by atoms with Gasteiger partial charge in [0.2, 0.25) is 0 Å². The summed E-state index contributed by atoms with van der Waals surface area (Å²) in [5, 5.41) is 0.